The number of anilines is 4. The van der Waals surface area contributed by atoms with Gasteiger partial charge in [0.05, 0.1) is 0 Å². The van der Waals surface area contributed by atoms with Crippen molar-refractivity contribution in [2.45, 2.75) is 38.8 Å². The highest BCUT2D eigenvalue weighted by Gasteiger charge is 2.37. The molecule has 2 aliphatic rings. The Morgan fingerprint density at radius 3 is 2.94 bits per heavy atom. The first kappa shape index (κ1) is 20.2. The molecule has 5 rings (SSSR count). The number of nitrogens with zero attached hydrogens (tertiary/aromatic N) is 6. The minimum absolute atomic E-state index is 0.109. The van der Waals surface area contributed by atoms with Crippen LogP contribution in [0.4, 0.5) is 23.5 Å². The van der Waals surface area contributed by atoms with E-state index in [1.165, 1.54) is 0 Å². The van der Waals surface area contributed by atoms with Crippen molar-refractivity contribution < 1.29 is 9.21 Å². The Labute approximate surface area is 186 Å². The van der Waals surface area contributed by atoms with E-state index in [1.807, 2.05) is 43.0 Å². The van der Waals surface area contributed by atoms with Crippen molar-refractivity contribution in [3.05, 3.63) is 36.0 Å². The summed E-state index contributed by atoms with van der Waals surface area (Å²) < 4.78 is 5.75. The van der Waals surface area contributed by atoms with E-state index in [4.69, 9.17) is 4.42 Å². The van der Waals surface area contributed by atoms with Crippen molar-refractivity contribution in [1.29, 1.82) is 0 Å². The second-order valence-electron chi connectivity index (χ2n) is 8.35. The number of rotatable bonds is 5. The molecule has 3 aromatic rings. The summed E-state index contributed by atoms with van der Waals surface area (Å²) in [4.78, 5) is 26.5. The lowest BCUT2D eigenvalue weighted by molar-refractivity contribution is 0.0988. The summed E-state index contributed by atoms with van der Waals surface area (Å²) in [5.74, 6) is 1.51. The third-order valence-corrected chi connectivity index (χ3v) is 5.75. The number of aromatic nitrogens is 4. The van der Waals surface area contributed by atoms with Gasteiger partial charge in [-0.2, -0.15) is 4.98 Å². The van der Waals surface area contributed by atoms with Crippen LogP contribution in [0.15, 0.2) is 34.9 Å². The van der Waals surface area contributed by atoms with Crippen molar-refractivity contribution >= 4 is 29.4 Å². The molecule has 0 bridgehead atoms. The lowest BCUT2D eigenvalue weighted by Gasteiger charge is -2.27. The van der Waals surface area contributed by atoms with E-state index < -0.39 is 0 Å². The highest BCUT2D eigenvalue weighted by atomic mass is 16.4. The van der Waals surface area contributed by atoms with Gasteiger partial charge in [-0.25, -0.2) is 4.98 Å². The lowest BCUT2D eigenvalue weighted by atomic mass is 10.1. The van der Waals surface area contributed by atoms with Gasteiger partial charge in [-0.15, -0.1) is 5.10 Å². The molecule has 32 heavy (non-hydrogen) atoms. The van der Waals surface area contributed by atoms with Crippen LogP contribution in [0.2, 0.25) is 0 Å². The van der Waals surface area contributed by atoms with E-state index in [0.29, 0.717) is 35.8 Å². The maximum atomic E-state index is 13.6. The molecule has 4 heterocycles. The van der Waals surface area contributed by atoms with Crippen LogP contribution in [0.5, 0.6) is 0 Å². The van der Waals surface area contributed by atoms with Crippen molar-refractivity contribution in [3.8, 4) is 11.5 Å². The number of amides is 1. The summed E-state index contributed by atoms with van der Waals surface area (Å²) in [5.41, 5.74) is 2.05. The molecule has 0 spiro atoms. The van der Waals surface area contributed by atoms with Gasteiger partial charge < -0.3 is 24.9 Å². The molecule has 1 saturated heterocycles. The molecule has 2 aromatic heterocycles. The normalized spacial score (nSPS) is 17.9. The van der Waals surface area contributed by atoms with E-state index in [2.05, 4.69) is 35.7 Å². The van der Waals surface area contributed by atoms with Crippen LogP contribution in [0.1, 0.15) is 37.0 Å². The number of carbonyl (C=O) groups is 1. The van der Waals surface area contributed by atoms with Crippen molar-refractivity contribution in [2.75, 3.05) is 40.6 Å². The van der Waals surface area contributed by atoms with Gasteiger partial charge in [0.25, 0.3) is 5.91 Å². The predicted octanol–water partition coefficient (Wildman–Crippen LogP) is 3.02. The third-order valence-electron chi connectivity index (χ3n) is 5.75. The van der Waals surface area contributed by atoms with E-state index in [1.54, 1.807) is 13.2 Å². The smallest absolute Gasteiger partial charge is 0.315 e. The van der Waals surface area contributed by atoms with E-state index in [0.717, 1.165) is 30.6 Å². The average Bonchev–Trinajstić information content (AvgIpc) is 3.43. The Balaban J connectivity index is 1.51. The number of hydrogen-bond acceptors (Lipinski definition) is 9. The average molecular weight is 435 g/mol. The summed E-state index contributed by atoms with van der Waals surface area (Å²) in [6.07, 6.45) is 3.70. The minimum atomic E-state index is -0.109. The number of fused-ring (bicyclic) bond motifs is 3. The molecule has 2 N–H and O–H groups in total. The first-order valence-corrected chi connectivity index (χ1v) is 10.9. The van der Waals surface area contributed by atoms with Crippen LogP contribution in [0, 0.1) is 0 Å². The molecule has 0 radical (unpaired) electrons. The number of carbonyl (C=O) groups excluding carboxylic acids is 1. The van der Waals surface area contributed by atoms with Gasteiger partial charge in [0.2, 0.25) is 11.8 Å². The molecular weight excluding hydrogens is 408 g/mol. The monoisotopic (exact) mass is 434 g/mol. The minimum Gasteiger partial charge on any atom is -0.403 e. The van der Waals surface area contributed by atoms with Gasteiger partial charge in [0, 0.05) is 49.7 Å². The van der Waals surface area contributed by atoms with E-state index in [9.17, 15) is 4.79 Å². The Morgan fingerprint density at radius 1 is 1.25 bits per heavy atom. The fourth-order valence-corrected chi connectivity index (χ4v) is 4.28. The van der Waals surface area contributed by atoms with Gasteiger partial charge >= 0.3 is 6.01 Å². The summed E-state index contributed by atoms with van der Waals surface area (Å²) >= 11 is 0. The Hall–Kier alpha value is -3.69. The van der Waals surface area contributed by atoms with Gasteiger partial charge in [0.1, 0.15) is 11.4 Å². The molecule has 0 saturated carbocycles. The first-order chi connectivity index (χ1) is 15.5. The van der Waals surface area contributed by atoms with Crippen LogP contribution >= 0.6 is 0 Å². The highest BCUT2D eigenvalue weighted by Crippen LogP contribution is 2.35. The summed E-state index contributed by atoms with van der Waals surface area (Å²) in [5, 5.41) is 14.3. The standard InChI is InChI=1S/C22H26N8O2/c1-13(2)25-22-28-27-19(32-22)14-6-4-7-15(10-14)30-12-16-8-5-9-29(16)18-17(20(30)31)11-24-21(23-3)26-18/h4,6-7,10-11,13,16H,5,8-9,12H2,1-3H3,(H,25,28)(H,23,24,26)/t16-/m0/s1. The zero-order valence-corrected chi connectivity index (χ0v) is 18.4. The summed E-state index contributed by atoms with van der Waals surface area (Å²) in [6.45, 7) is 5.47. The highest BCUT2D eigenvalue weighted by molar-refractivity contribution is 6.10. The topological polar surface area (TPSA) is 112 Å². The summed E-state index contributed by atoms with van der Waals surface area (Å²) in [7, 11) is 1.78. The molecule has 2 aliphatic heterocycles. The number of nitrogens with one attached hydrogen (secondary N) is 2. The molecule has 0 unspecified atom stereocenters. The molecule has 0 aliphatic carbocycles. The fourth-order valence-electron chi connectivity index (χ4n) is 4.28. The van der Waals surface area contributed by atoms with Crippen molar-refractivity contribution in [1.82, 2.24) is 20.2 Å². The Morgan fingerprint density at radius 2 is 2.12 bits per heavy atom. The zero-order valence-electron chi connectivity index (χ0n) is 18.4. The molecule has 1 aromatic carbocycles. The SMILES string of the molecule is CNc1ncc2c(n1)N1CCC[C@H]1CN(c1cccc(-c3nnc(NC(C)C)o3)c1)C2=O. The van der Waals surface area contributed by atoms with Crippen LogP contribution in [0.3, 0.4) is 0 Å². The quantitative estimate of drug-likeness (QED) is 0.626. The zero-order chi connectivity index (χ0) is 22.2. The van der Waals surface area contributed by atoms with Gasteiger partial charge in [0.15, 0.2) is 0 Å². The maximum Gasteiger partial charge on any atom is 0.315 e. The van der Waals surface area contributed by atoms with Crippen molar-refractivity contribution in [2.24, 2.45) is 0 Å². The van der Waals surface area contributed by atoms with Gasteiger partial charge in [-0.1, -0.05) is 11.2 Å². The molecule has 10 heteroatoms. The number of benzene rings is 1. The van der Waals surface area contributed by atoms with Gasteiger partial charge in [-0.3, -0.25) is 4.79 Å². The molecule has 1 amide bonds. The third kappa shape index (κ3) is 3.61. The fraction of sp³-hybridized carbons (Fsp3) is 0.409. The second-order valence-corrected chi connectivity index (χ2v) is 8.35. The lowest BCUT2D eigenvalue weighted by Crippen LogP contribution is -2.39. The Bertz CT molecular complexity index is 1140. The Kier molecular flexibility index (Phi) is 5.12. The van der Waals surface area contributed by atoms with Crippen LogP contribution in [0.25, 0.3) is 11.5 Å². The van der Waals surface area contributed by atoms with Crippen LogP contribution < -0.4 is 20.4 Å². The number of hydrogen-bond donors (Lipinski definition) is 2. The van der Waals surface area contributed by atoms with E-state index >= 15 is 0 Å². The van der Waals surface area contributed by atoms with E-state index in [-0.39, 0.29) is 18.0 Å². The van der Waals surface area contributed by atoms with Crippen molar-refractivity contribution in [3.63, 3.8) is 0 Å². The molecular formula is C22H26N8O2. The van der Waals surface area contributed by atoms with Gasteiger partial charge in [-0.05, 0) is 44.9 Å². The summed E-state index contributed by atoms with van der Waals surface area (Å²) in [6, 6.07) is 8.40. The van der Waals surface area contributed by atoms with Crippen LogP contribution in [-0.4, -0.2) is 58.3 Å². The largest absolute Gasteiger partial charge is 0.403 e. The second kappa shape index (κ2) is 8.10. The first-order valence-electron chi connectivity index (χ1n) is 10.9. The molecule has 166 valence electrons. The predicted molar refractivity (Wildman–Crippen MR) is 122 cm³/mol. The molecule has 10 nitrogen and oxygen atoms in total. The maximum absolute atomic E-state index is 13.6. The molecule has 1 atom stereocenters. The van der Waals surface area contributed by atoms with Crippen LogP contribution in [-0.2, 0) is 0 Å². The molecule has 1 fully saturated rings.